The Morgan fingerprint density at radius 2 is 1.88 bits per heavy atom. The second-order valence-corrected chi connectivity index (χ2v) is 6.16. The summed E-state index contributed by atoms with van der Waals surface area (Å²) >= 11 is 0. The Kier molecular flexibility index (Phi) is 7.14. The summed E-state index contributed by atoms with van der Waals surface area (Å²) in [5.41, 5.74) is 0. The molecule has 0 aliphatic rings. The Morgan fingerprint density at radius 1 is 1.31 bits per heavy atom. The molecule has 0 saturated carbocycles. The molecule has 1 N–H and O–H groups in total. The highest BCUT2D eigenvalue weighted by Gasteiger charge is 2.26. The van der Waals surface area contributed by atoms with Crippen molar-refractivity contribution in [3.8, 4) is 0 Å². The second kappa shape index (κ2) is 7.21. The van der Waals surface area contributed by atoms with Crippen molar-refractivity contribution in [2.75, 3.05) is 27.2 Å². The third-order valence-corrected chi connectivity index (χ3v) is 4.77. The largest absolute Gasteiger partial charge is 0.396 e. The van der Waals surface area contributed by atoms with E-state index in [4.69, 9.17) is 5.11 Å². The van der Waals surface area contributed by atoms with E-state index in [0.29, 0.717) is 13.0 Å². The highest BCUT2D eigenvalue weighted by Crippen LogP contribution is 2.12. The molecule has 5 nitrogen and oxygen atoms in total. The fourth-order valence-corrected chi connectivity index (χ4v) is 2.82. The van der Waals surface area contributed by atoms with Gasteiger partial charge in [-0.1, -0.05) is 13.3 Å². The van der Waals surface area contributed by atoms with Crippen LogP contribution < -0.4 is 0 Å². The number of hydrogen-bond donors (Lipinski definition) is 1. The summed E-state index contributed by atoms with van der Waals surface area (Å²) in [7, 11) is -0.233. The molecule has 0 aromatic rings. The summed E-state index contributed by atoms with van der Waals surface area (Å²) in [6, 6.07) is 0.00609. The van der Waals surface area contributed by atoms with Gasteiger partial charge in [0.25, 0.3) is 10.2 Å². The topological polar surface area (TPSA) is 60.9 Å². The van der Waals surface area contributed by atoms with E-state index in [0.717, 1.165) is 12.8 Å². The molecule has 0 saturated heterocycles. The molecule has 98 valence electrons. The highest BCUT2D eigenvalue weighted by atomic mass is 32.2. The molecule has 1 unspecified atom stereocenters. The Bertz CT molecular complexity index is 280. The Hall–Kier alpha value is -0.170. The summed E-state index contributed by atoms with van der Waals surface area (Å²) in [4.78, 5) is 0. The van der Waals surface area contributed by atoms with Gasteiger partial charge in [-0.25, -0.2) is 0 Å². The van der Waals surface area contributed by atoms with Crippen LogP contribution in [0.25, 0.3) is 0 Å². The fourth-order valence-electron chi connectivity index (χ4n) is 1.46. The normalized spacial score (nSPS) is 14.7. The molecule has 0 heterocycles. The van der Waals surface area contributed by atoms with Gasteiger partial charge >= 0.3 is 0 Å². The Labute approximate surface area is 99.2 Å². The van der Waals surface area contributed by atoms with Gasteiger partial charge in [-0.15, -0.1) is 0 Å². The lowest BCUT2D eigenvalue weighted by Gasteiger charge is -2.28. The summed E-state index contributed by atoms with van der Waals surface area (Å²) in [6.07, 6.45) is 2.27. The van der Waals surface area contributed by atoms with Crippen LogP contribution in [0.1, 0.15) is 33.1 Å². The van der Waals surface area contributed by atoms with Crippen molar-refractivity contribution in [2.45, 2.75) is 39.2 Å². The molecule has 0 amide bonds. The monoisotopic (exact) mass is 252 g/mol. The molecular weight excluding hydrogens is 228 g/mol. The summed E-state index contributed by atoms with van der Waals surface area (Å²) in [6.45, 7) is 4.30. The molecule has 0 spiro atoms. The minimum Gasteiger partial charge on any atom is -0.396 e. The first-order valence-electron chi connectivity index (χ1n) is 5.68. The first-order chi connectivity index (χ1) is 7.37. The van der Waals surface area contributed by atoms with Gasteiger partial charge in [0.2, 0.25) is 0 Å². The minimum atomic E-state index is -3.38. The molecule has 0 bridgehead atoms. The zero-order valence-corrected chi connectivity index (χ0v) is 11.5. The van der Waals surface area contributed by atoms with Crippen LogP contribution >= 0.6 is 0 Å². The van der Waals surface area contributed by atoms with E-state index in [1.54, 1.807) is 14.1 Å². The van der Waals surface area contributed by atoms with Crippen molar-refractivity contribution in [2.24, 2.45) is 0 Å². The van der Waals surface area contributed by atoms with E-state index < -0.39 is 10.2 Å². The van der Waals surface area contributed by atoms with Gasteiger partial charge in [-0.2, -0.15) is 17.0 Å². The fraction of sp³-hybridized carbons (Fsp3) is 1.00. The van der Waals surface area contributed by atoms with Crippen molar-refractivity contribution in [3.05, 3.63) is 0 Å². The van der Waals surface area contributed by atoms with E-state index in [1.807, 2.05) is 13.8 Å². The summed E-state index contributed by atoms with van der Waals surface area (Å²) in [5, 5.41) is 8.68. The maximum absolute atomic E-state index is 12.0. The first kappa shape index (κ1) is 15.8. The molecule has 0 radical (unpaired) electrons. The number of rotatable bonds is 8. The Balaban J connectivity index is 4.51. The number of aliphatic hydroxyl groups is 1. The van der Waals surface area contributed by atoms with E-state index in [1.165, 1.54) is 8.61 Å². The van der Waals surface area contributed by atoms with E-state index >= 15 is 0 Å². The van der Waals surface area contributed by atoms with Crippen molar-refractivity contribution in [3.63, 3.8) is 0 Å². The molecule has 0 aromatic heterocycles. The second-order valence-electron chi connectivity index (χ2n) is 4.06. The van der Waals surface area contributed by atoms with Gasteiger partial charge in [0.05, 0.1) is 0 Å². The van der Waals surface area contributed by atoms with Crippen molar-refractivity contribution < 1.29 is 13.5 Å². The van der Waals surface area contributed by atoms with Crippen molar-refractivity contribution in [1.82, 2.24) is 8.61 Å². The molecule has 0 rings (SSSR count). The average molecular weight is 252 g/mol. The van der Waals surface area contributed by atoms with E-state index in [-0.39, 0.29) is 12.6 Å². The van der Waals surface area contributed by atoms with Gasteiger partial charge in [-0.05, 0) is 19.8 Å². The predicted molar refractivity (Wildman–Crippen MR) is 65.4 cm³/mol. The molecular formula is C10H24N2O3S. The van der Waals surface area contributed by atoms with Crippen LogP contribution in [0.3, 0.4) is 0 Å². The molecule has 0 aliphatic heterocycles. The van der Waals surface area contributed by atoms with Crippen LogP contribution in [0, 0.1) is 0 Å². The van der Waals surface area contributed by atoms with Crippen LogP contribution in [0.4, 0.5) is 0 Å². The van der Waals surface area contributed by atoms with Crippen LogP contribution in [-0.2, 0) is 10.2 Å². The third-order valence-electron chi connectivity index (χ3n) is 2.72. The standard InChI is InChI=1S/C10H24N2O3S/c1-5-7-10(2)12(4)16(14,15)11(3)8-6-9-13/h10,13H,5-9H2,1-4H3. The molecule has 1 atom stereocenters. The van der Waals surface area contributed by atoms with Gasteiger partial charge in [0.15, 0.2) is 0 Å². The Morgan fingerprint density at radius 3 is 2.31 bits per heavy atom. The number of nitrogens with zero attached hydrogens (tertiary/aromatic N) is 2. The minimum absolute atomic E-state index is 0.00609. The lowest BCUT2D eigenvalue weighted by Crippen LogP contribution is -2.44. The smallest absolute Gasteiger partial charge is 0.281 e. The molecule has 6 heteroatoms. The molecule has 0 aromatic carbocycles. The summed E-state index contributed by atoms with van der Waals surface area (Å²) in [5.74, 6) is 0. The lowest BCUT2D eigenvalue weighted by atomic mass is 10.2. The van der Waals surface area contributed by atoms with Gasteiger partial charge < -0.3 is 5.11 Å². The van der Waals surface area contributed by atoms with Gasteiger partial charge in [0.1, 0.15) is 0 Å². The number of hydrogen-bond acceptors (Lipinski definition) is 3. The zero-order chi connectivity index (χ0) is 12.8. The van der Waals surface area contributed by atoms with Crippen molar-refractivity contribution in [1.29, 1.82) is 0 Å². The SMILES string of the molecule is CCCC(C)N(C)S(=O)(=O)N(C)CCCO. The quantitative estimate of drug-likeness (QED) is 0.690. The van der Waals surface area contributed by atoms with Crippen LogP contribution in [0.5, 0.6) is 0 Å². The maximum atomic E-state index is 12.0. The van der Waals surface area contributed by atoms with Crippen molar-refractivity contribution >= 4 is 10.2 Å². The average Bonchev–Trinajstić information content (AvgIpc) is 2.24. The number of aliphatic hydroxyl groups excluding tert-OH is 1. The first-order valence-corrected chi connectivity index (χ1v) is 7.07. The summed E-state index contributed by atoms with van der Waals surface area (Å²) < 4.78 is 26.7. The maximum Gasteiger partial charge on any atom is 0.281 e. The molecule has 16 heavy (non-hydrogen) atoms. The van der Waals surface area contributed by atoms with Crippen LogP contribution in [0.15, 0.2) is 0 Å². The molecule has 0 fully saturated rings. The van der Waals surface area contributed by atoms with Crippen LogP contribution in [-0.4, -0.2) is 55.4 Å². The molecule has 0 aliphatic carbocycles. The van der Waals surface area contributed by atoms with Crippen LogP contribution in [0.2, 0.25) is 0 Å². The zero-order valence-electron chi connectivity index (χ0n) is 10.7. The van der Waals surface area contributed by atoms with E-state index in [2.05, 4.69) is 0 Å². The van der Waals surface area contributed by atoms with Gasteiger partial charge in [-0.3, -0.25) is 0 Å². The third kappa shape index (κ3) is 4.37. The van der Waals surface area contributed by atoms with E-state index in [9.17, 15) is 8.42 Å². The highest BCUT2D eigenvalue weighted by molar-refractivity contribution is 7.86. The lowest BCUT2D eigenvalue weighted by molar-refractivity contribution is 0.269. The predicted octanol–water partition coefficient (Wildman–Crippen LogP) is 0.666. The van der Waals surface area contributed by atoms with Gasteiger partial charge in [0, 0.05) is 33.3 Å².